The first-order chi connectivity index (χ1) is 7.77. The Morgan fingerprint density at radius 2 is 1.31 bits per heavy atom. The summed E-state index contributed by atoms with van der Waals surface area (Å²) in [5, 5.41) is 0. The molecule has 0 rings (SSSR count). The highest BCUT2D eigenvalue weighted by atomic mass is 16.5. The van der Waals surface area contributed by atoms with Gasteiger partial charge >= 0.3 is 0 Å². The van der Waals surface area contributed by atoms with Crippen molar-refractivity contribution in [2.24, 2.45) is 11.5 Å². The normalized spacial score (nSPS) is 11.2. The second-order valence-electron chi connectivity index (χ2n) is 3.64. The fourth-order valence-electron chi connectivity index (χ4n) is 1.01. The molecule has 0 aliphatic heterocycles. The van der Waals surface area contributed by atoms with Crippen LogP contribution in [-0.4, -0.2) is 45.8 Å². The van der Waals surface area contributed by atoms with Crippen molar-refractivity contribution in [2.45, 2.75) is 32.4 Å². The standard InChI is InChI=1S/C11H26N2O3/c1-2-3-5-14-7-9-16-10-8-15-6-4-11(12)13/h11H,2-10,12-13H2,1H3. The molecule has 5 nitrogen and oxygen atoms in total. The molecular formula is C11H26N2O3. The summed E-state index contributed by atoms with van der Waals surface area (Å²) in [5.41, 5.74) is 10.7. The molecule has 5 heteroatoms. The summed E-state index contributed by atoms with van der Waals surface area (Å²) in [5.74, 6) is 0. The zero-order valence-corrected chi connectivity index (χ0v) is 10.3. The van der Waals surface area contributed by atoms with Gasteiger partial charge in [0.05, 0.1) is 32.6 Å². The Labute approximate surface area is 98.4 Å². The van der Waals surface area contributed by atoms with Gasteiger partial charge in [-0.05, 0) is 12.8 Å². The molecule has 0 fully saturated rings. The van der Waals surface area contributed by atoms with Gasteiger partial charge in [0.1, 0.15) is 0 Å². The Hall–Kier alpha value is -0.200. The molecule has 0 spiro atoms. The van der Waals surface area contributed by atoms with Gasteiger partial charge in [-0.1, -0.05) is 13.3 Å². The third kappa shape index (κ3) is 13.8. The molecule has 0 heterocycles. The first kappa shape index (κ1) is 15.8. The zero-order chi connectivity index (χ0) is 12.1. The molecule has 0 atom stereocenters. The molecule has 4 N–H and O–H groups in total. The van der Waals surface area contributed by atoms with Gasteiger partial charge in [-0.15, -0.1) is 0 Å². The van der Waals surface area contributed by atoms with Crippen LogP contribution in [0.2, 0.25) is 0 Å². The molecule has 0 aliphatic carbocycles. The maximum Gasteiger partial charge on any atom is 0.0701 e. The monoisotopic (exact) mass is 234 g/mol. The summed E-state index contributed by atoms with van der Waals surface area (Å²) in [6.07, 6.45) is 2.67. The van der Waals surface area contributed by atoms with Crippen molar-refractivity contribution in [3.63, 3.8) is 0 Å². The minimum absolute atomic E-state index is 0.284. The molecule has 0 unspecified atom stereocenters. The summed E-state index contributed by atoms with van der Waals surface area (Å²) < 4.78 is 15.9. The van der Waals surface area contributed by atoms with Crippen LogP contribution < -0.4 is 11.5 Å². The molecule has 0 aliphatic rings. The van der Waals surface area contributed by atoms with Crippen molar-refractivity contribution in [1.29, 1.82) is 0 Å². The van der Waals surface area contributed by atoms with Gasteiger partial charge in [-0.3, -0.25) is 0 Å². The largest absolute Gasteiger partial charge is 0.379 e. The second kappa shape index (κ2) is 12.9. The highest BCUT2D eigenvalue weighted by Gasteiger charge is 1.94. The highest BCUT2D eigenvalue weighted by Crippen LogP contribution is 1.88. The van der Waals surface area contributed by atoms with Gasteiger partial charge in [0.15, 0.2) is 0 Å². The van der Waals surface area contributed by atoms with Crippen LogP contribution in [-0.2, 0) is 14.2 Å². The van der Waals surface area contributed by atoms with Crippen LogP contribution in [0.1, 0.15) is 26.2 Å². The average Bonchev–Trinajstić information content (AvgIpc) is 2.25. The number of rotatable bonds is 12. The number of hydrogen-bond acceptors (Lipinski definition) is 5. The summed E-state index contributed by atoms with van der Waals surface area (Å²) in [7, 11) is 0. The molecular weight excluding hydrogens is 208 g/mol. The van der Waals surface area contributed by atoms with Crippen molar-refractivity contribution < 1.29 is 14.2 Å². The summed E-state index contributed by atoms with van der Waals surface area (Å²) in [4.78, 5) is 0. The molecule has 16 heavy (non-hydrogen) atoms. The molecule has 0 bridgehead atoms. The van der Waals surface area contributed by atoms with Gasteiger partial charge in [-0.25, -0.2) is 0 Å². The van der Waals surface area contributed by atoms with Crippen LogP contribution in [0.4, 0.5) is 0 Å². The van der Waals surface area contributed by atoms with Crippen LogP contribution >= 0.6 is 0 Å². The quantitative estimate of drug-likeness (QED) is 0.379. The van der Waals surface area contributed by atoms with E-state index in [1.54, 1.807) is 0 Å². The van der Waals surface area contributed by atoms with Crippen molar-refractivity contribution in [2.75, 3.05) is 39.6 Å². The lowest BCUT2D eigenvalue weighted by atomic mass is 10.4. The first-order valence-electron chi connectivity index (χ1n) is 6.01. The molecule has 0 saturated heterocycles. The molecule has 0 aromatic heterocycles. The number of nitrogens with two attached hydrogens (primary N) is 2. The topological polar surface area (TPSA) is 79.7 Å². The second-order valence-corrected chi connectivity index (χ2v) is 3.64. The van der Waals surface area contributed by atoms with Gasteiger partial charge in [0.25, 0.3) is 0 Å². The zero-order valence-electron chi connectivity index (χ0n) is 10.3. The lowest BCUT2D eigenvalue weighted by Crippen LogP contribution is -2.31. The van der Waals surface area contributed by atoms with E-state index < -0.39 is 0 Å². The maximum atomic E-state index is 5.36. The molecule has 0 aromatic rings. The van der Waals surface area contributed by atoms with E-state index in [1.165, 1.54) is 0 Å². The Morgan fingerprint density at radius 1 is 0.812 bits per heavy atom. The third-order valence-electron chi connectivity index (χ3n) is 1.98. The van der Waals surface area contributed by atoms with Crippen LogP contribution in [0.5, 0.6) is 0 Å². The lowest BCUT2D eigenvalue weighted by Gasteiger charge is -2.07. The molecule has 0 amide bonds. The molecule has 0 aromatic carbocycles. The summed E-state index contributed by atoms with van der Waals surface area (Å²) in [6.45, 7) is 6.03. The van der Waals surface area contributed by atoms with Crippen molar-refractivity contribution in [3.8, 4) is 0 Å². The maximum absolute atomic E-state index is 5.36. The van der Waals surface area contributed by atoms with Crippen LogP contribution in [0.25, 0.3) is 0 Å². The predicted molar refractivity (Wildman–Crippen MR) is 64.1 cm³/mol. The van der Waals surface area contributed by atoms with Gasteiger partial charge in [0, 0.05) is 13.2 Å². The smallest absolute Gasteiger partial charge is 0.0701 e. The van der Waals surface area contributed by atoms with E-state index in [1.807, 2.05) is 0 Å². The van der Waals surface area contributed by atoms with Crippen LogP contribution in [0, 0.1) is 0 Å². The van der Waals surface area contributed by atoms with Crippen molar-refractivity contribution >= 4 is 0 Å². The first-order valence-corrected chi connectivity index (χ1v) is 6.01. The minimum Gasteiger partial charge on any atom is -0.379 e. The average molecular weight is 234 g/mol. The van der Waals surface area contributed by atoms with Crippen LogP contribution in [0.15, 0.2) is 0 Å². The van der Waals surface area contributed by atoms with E-state index in [-0.39, 0.29) is 6.17 Å². The van der Waals surface area contributed by atoms with Gasteiger partial charge < -0.3 is 25.7 Å². The fourth-order valence-corrected chi connectivity index (χ4v) is 1.01. The van der Waals surface area contributed by atoms with Crippen molar-refractivity contribution in [3.05, 3.63) is 0 Å². The van der Waals surface area contributed by atoms with Gasteiger partial charge in [0.2, 0.25) is 0 Å². The molecule has 0 radical (unpaired) electrons. The highest BCUT2D eigenvalue weighted by molar-refractivity contribution is 4.48. The fraction of sp³-hybridized carbons (Fsp3) is 1.00. The van der Waals surface area contributed by atoms with E-state index in [2.05, 4.69) is 6.92 Å². The Kier molecular flexibility index (Phi) is 12.7. The summed E-state index contributed by atoms with van der Waals surface area (Å²) in [6, 6.07) is 0. The Balaban J connectivity index is 2.88. The number of unbranched alkanes of at least 4 members (excludes halogenated alkanes) is 1. The number of hydrogen-bond donors (Lipinski definition) is 2. The van der Waals surface area contributed by atoms with Crippen molar-refractivity contribution in [1.82, 2.24) is 0 Å². The van der Waals surface area contributed by atoms with E-state index in [0.717, 1.165) is 19.4 Å². The SMILES string of the molecule is CCCCOCCOCCOCCC(N)N. The van der Waals surface area contributed by atoms with Crippen LogP contribution in [0.3, 0.4) is 0 Å². The summed E-state index contributed by atoms with van der Waals surface area (Å²) >= 11 is 0. The predicted octanol–water partition coefficient (Wildman–Crippen LogP) is 0.470. The third-order valence-corrected chi connectivity index (χ3v) is 1.98. The Morgan fingerprint density at radius 3 is 1.81 bits per heavy atom. The van der Waals surface area contributed by atoms with E-state index in [4.69, 9.17) is 25.7 Å². The van der Waals surface area contributed by atoms with E-state index in [9.17, 15) is 0 Å². The lowest BCUT2D eigenvalue weighted by molar-refractivity contribution is 0.0130. The minimum atomic E-state index is -0.284. The van der Waals surface area contributed by atoms with Gasteiger partial charge in [-0.2, -0.15) is 0 Å². The number of ether oxygens (including phenoxy) is 3. The van der Waals surface area contributed by atoms with E-state index >= 15 is 0 Å². The molecule has 0 saturated carbocycles. The molecule has 98 valence electrons. The van der Waals surface area contributed by atoms with E-state index in [0.29, 0.717) is 39.5 Å². The Bertz CT molecular complexity index is 134.